The van der Waals surface area contributed by atoms with Gasteiger partial charge < -0.3 is 19.9 Å². The van der Waals surface area contributed by atoms with E-state index in [4.69, 9.17) is 17.0 Å². The second-order valence-corrected chi connectivity index (χ2v) is 8.83. The first-order valence-corrected chi connectivity index (χ1v) is 11.5. The van der Waals surface area contributed by atoms with E-state index in [-0.39, 0.29) is 5.69 Å². The third-order valence-electron chi connectivity index (χ3n) is 5.41. The third kappa shape index (κ3) is 5.12. The number of benzene rings is 2. The van der Waals surface area contributed by atoms with Crippen LogP contribution >= 0.6 is 23.6 Å². The minimum absolute atomic E-state index is 0.0787. The standard InChI is InChI=1S/C23H22N4O4S2/c1-31-22(28)19-15-20(16-5-3-2-4-6-16)33-21(19)24-23(32)26-13-11-25(12-14-26)17-7-9-18(10-8-17)27(29)30/h2-10,15H,11-14H2,1H3,(H,24,32). The number of anilines is 2. The molecule has 0 aliphatic carbocycles. The van der Waals surface area contributed by atoms with E-state index in [2.05, 4.69) is 15.1 Å². The molecule has 1 aromatic heterocycles. The Morgan fingerprint density at radius 1 is 1.09 bits per heavy atom. The Bertz CT molecular complexity index is 1160. The Balaban J connectivity index is 1.43. The summed E-state index contributed by atoms with van der Waals surface area (Å²) in [6, 6.07) is 18.2. The molecule has 1 aliphatic heterocycles. The Kier molecular flexibility index (Phi) is 6.85. The molecule has 0 atom stereocenters. The summed E-state index contributed by atoms with van der Waals surface area (Å²) >= 11 is 7.10. The number of methoxy groups -OCH3 is 1. The number of esters is 1. The first kappa shape index (κ1) is 22.7. The molecular formula is C23H22N4O4S2. The lowest BCUT2D eigenvalue weighted by atomic mass is 10.1. The molecule has 1 aliphatic rings. The number of nitro benzene ring substituents is 1. The number of ether oxygens (including phenoxy) is 1. The van der Waals surface area contributed by atoms with Crippen molar-refractivity contribution in [3.8, 4) is 10.4 Å². The van der Waals surface area contributed by atoms with Crippen molar-refractivity contribution in [1.29, 1.82) is 0 Å². The number of rotatable bonds is 5. The maximum Gasteiger partial charge on any atom is 0.340 e. The van der Waals surface area contributed by atoms with Crippen LogP contribution in [0.5, 0.6) is 0 Å². The number of non-ortho nitro benzene ring substituents is 1. The summed E-state index contributed by atoms with van der Waals surface area (Å²) in [5.74, 6) is -0.415. The summed E-state index contributed by atoms with van der Waals surface area (Å²) in [6.07, 6.45) is 0. The smallest absolute Gasteiger partial charge is 0.340 e. The molecule has 0 spiro atoms. The second kappa shape index (κ2) is 9.97. The summed E-state index contributed by atoms with van der Waals surface area (Å²) in [7, 11) is 1.36. The average Bonchev–Trinajstić information content (AvgIpc) is 3.28. The molecule has 170 valence electrons. The fourth-order valence-corrected chi connectivity index (χ4v) is 5.02. The lowest BCUT2D eigenvalue weighted by Gasteiger charge is -2.37. The lowest BCUT2D eigenvalue weighted by molar-refractivity contribution is -0.384. The number of nitrogens with one attached hydrogen (secondary N) is 1. The van der Waals surface area contributed by atoms with Gasteiger partial charge in [0.05, 0.1) is 17.6 Å². The zero-order valence-corrected chi connectivity index (χ0v) is 19.5. The zero-order chi connectivity index (χ0) is 23.4. The van der Waals surface area contributed by atoms with Gasteiger partial charge in [-0.1, -0.05) is 30.3 Å². The molecule has 8 nitrogen and oxygen atoms in total. The number of nitro groups is 1. The van der Waals surface area contributed by atoms with Gasteiger partial charge in [-0.25, -0.2) is 4.79 Å². The van der Waals surface area contributed by atoms with E-state index < -0.39 is 10.9 Å². The highest BCUT2D eigenvalue weighted by Crippen LogP contribution is 2.36. The van der Waals surface area contributed by atoms with Crippen LogP contribution in [-0.2, 0) is 4.74 Å². The SMILES string of the molecule is COC(=O)c1cc(-c2ccccc2)sc1NC(=S)N1CCN(c2ccc([N+](=O)[O-])cc2)CC1. The fourth-order valence-electron chi connectivity index (χ4n) is 3.62. The quantitative estimate of drug-likeness (QED) is 0.244. The zero-order valence-electron chi connectivity index (χ0n) is 17.9. The first-order chi connectivity index (χ1) is 16.0. The van der Waals surface area contributed by atoms with Gasteiger partial charge >= 0.3 is 5.97 Å². The highest BCUT2D eigenvalue weighted by Gasteiger charge is 2.23. The average molecular weight is 483 g/mol. The van der Waals surface area contributed by atoms with Gasteiger partial charge in [-0.05, 0) is 36.0 Å². The van der Waals surface area contributed by atoms with Gasteiger partial charge in [-0.3, -0.25) is 10.1 Å². The van der Waals surface area contributed by atoms with E-state index in [1.54, 1.807) is 12.1 Å². The fraction of sp³-hybridized carbons (Fsp3) is 0.217. The van der Waals surface area contributed by atoms with E-state index in [0.717, 1.165) is 29.2 Å². The molecule has 10 heteroatoms. The van der Waals surface area contributed by atoms with Gasteiger partial charge in [-0.15, -0.1) is 11.3 Å². The van der Waals surface area contributed by atoms with Crippen molar-refractivity contribution in [2.45, 2.75) is 0 Å². The maximum absolute atomic E-state index is 12.3. The highest BCUT2D eigenvalue weighted by atomic mass is 32.1. The number of nitrogens with zero attached hydrogens (tertiary/aromatic N) is 3. The minimum atomic E-state index is -0.415. The summed E-state index contributed by atoms with van der Waals surface area (Å²) in [6.45, 7) is 2.83. The van der Waals surface area contributed by atoms with Crippen molar-refractivity contribution in [3.63, 3.8) is 0 Å². The van der Waals surface area contributed by atoms with E-state index in [1.807, 2.05) is 36.4 Å². The number of carbonyl (C=O) groups is 1. The normalized spacial score (nSPS) is 13.5. The molecule has 0 bridgehead atoms. The Morgan fingerprint density at radius 3 is 2.36 bits per heavy atom. The number of thiophene rings is 1. The van der Waals surface area contributed by atoms with Crippen molar-refractivity contribution < 1.29 is 14.5 Å². The van der Waals surface area contributed by atoms with Crippen LogP contribution < -0.4 is 10.2 Å². The highest BCUT2D eigenvalue weighted by molar-refractivity contribution is 7.80. The summed E-state index contributed by atoms with van der Waals surface area (Å²) in [4.78, 5) is 28.0. The summed E-state index contributed by atoms with van der Waals surface area (Å²) < 4.78 is 4.96. The van der Waals surface area contributed by atoms with Gasteiger partial charge in [0.1, 0.15) is 5.00 Å². The predicted octanol–water partition coefficient (Wildman–Crippen LogP) is 4.63. The second-order valence-electron chi connectivity index (χ2n) is 7.39. The van der Waals surface area contributed by atoms with Gasteiger partial charge in [0.15, 0.2) is 5.11 Å². The Morgan fingerprint density at radius 2 is 1.76 bits per heavy atom. The van der Waals surface area contributed by atoms with Gasteiger partial charge in [0, 0.05) is 48.9 Å². The minimum Gasteiger partial charge on any atom is -0.465 e. The monoisotopic (exact) mass is 482 g/mol. The number of carbonyl (C=O) groups excluding carboxylic acids is 1. The number of thiocarbonyl (C=S) groups is 1. The molecule has 3 aromatic rings. The van der Waals surface area contributed by atoms with Crippen LogP contribution in [0, 0.1) is 10.1 Å². The van der Waals surface area contributed by atoms with Crippen LogP contribution in [0.2, 0.25) is 0 Å². The third-order valence-corrected chi connectivity index (χ3v) is 6.87. The molecule has 0 unspecified atom stereocenters. The number of hydrogen-bond acceptors (Lipinski definition) is 7. The number of hydrogen-bond donors (Lipinski definition) is 1. The van der Waals surface area contributed by atoms with Crippen molar-refractivity contribution in [1.82, 2.24) is 4.90 Å². The first-order valence-electron chi connectivity index (χ1n) is 10.3. The molecule has 1 fully saturated rings. The van der Waals surface area contributed by atoms with Crippen molar-refractivity contribution in [2.75, 3.05) is 43.5 Å². The van der Waals surface area contributed by atoms with Crippen molar-refractivity contribution in [2.24, 2.45) is 0 Å². The molecule has 2 aromatic carbocycles. The van der Waals surface area contributed by atoms with Crippen LogP contribution in [0.1, 0.15) is 10.4 Å². The molecular weight excluding hydrogens is 460 g/mol. The lowest BCUT2D eigenvalue weighted by Crippen LogP contribution is -2.50. The summed E-state index contributed by atoms with van der Waals surface area (Å²) in [5, 5.41) is 15.3. The van der Waals surface area contributed by atoms with Crippen LogP contribution in [0.3, 0.4) is 0 Å². The molecule has 0 radical (unpaired) electrons. The number of piperazine rings is 1. The van der Waals surface area contributed by atoms with E-state index in [9.17, 15) is 14.9 Å². The molecule has 1 N–H and O–H groups in total. The Labute approximate surface area is 200 Å². The maximum atomic E-state index is 12.3. The predicted molar refractivity (Wildman–Crippen MR) is 134 cm³/mol. The molecule has 33 heavy (non-hydrogen) atoms. The molecule has 0 amide bonds. The topological polar surface area (TPSA) is 88.0 Å². The molecule has 1 saturated heterocycles. The van der Waals surface area contributed by atoms with Gasteiger partial charge in [-0.2, -0.15) is 0 Å². The van der Waals surface area contributed by atoms with E-state index in [1.165, 1.54) is 30.6 Å². The van der Waals surface area contributed by atoms with Crippen LogP contribution in [0.4, 0.5) is 16.4 Å². The summed E-state index contributed by atoms with van der Waals surface area (Å²) in [5.41, 5.74) is 2.49. The van der Waals surface area contributed by atoms with E-state index >= 15 is 0 Å². The largest absolute Gasteiger partial charge is 0.465 e. The molecule has 4 rings (SSSR count). The van der Waals surface area contributed by atoms with Crippen LogP contribution in [0.15, 0.2) is 60.7 Å². The van der Waals surface area contributed by atoms with Gasteiger partial charge in [0.2, 0.25) is 0 Å². The van der Waals surface area contributed by atoms with Crippen LogP contribution in [-0.4, -0.2) is 54.2 Å². The van der Waals surface area contributed by atoms with Crippen LogP contribution in [0.25, 0.3) is 10.4 Å². The van der Waals surface area contributed by atoms with Crippen molar-refractivity contribution in [3.05, 3.63) is 76.3 Å². The molecule has 0 saturated carbocycles. The van der Waals surface area contributed by atoms with Crippen molar-refractivity contribution >= 4 is 51.0 Å². The molecule has 2 heterocycles. The van der Waals surface area contributed by atoms with Gasteiger partial charge in [0.25, 0.3) is 5.69 Å². The van der Waals surface area contributed by atoms with E-state index in [0.29, 0.717) is 28.8 Å². The Hall–Kier alpha value is -3.50.